The summed E-state index contributed by atoms with van der Waals surface area (Å²) in [5.41, 5.74) is 1.64. The first-order valence-electron chi connectivity index (χ1n) is 8.77. The molecule has 0 aliphatic carbocycles. The van der Waals surface area contributed by atoms with Crippen LogP contribution < -0.4 is 15.0 Å². The van der Waals surface area contributed by atoms with Crippen molar-refractivity contribution in [3.05, 3.63) is 59.9 Å². The van der Waals surface area contributed by atoms with Gasteiger partial charge in [-0.05, 0) is 18.2 Å². The zero-order valence-electron chi connectivity index (χ0n) is 15.0. The maximum absolute atomic E-state index is 13.6. The number of carbonyl (C=O) groups is 1. The van der Waals surface area contributed by atoms with Gasteiger partial charge in [0, 0.05) is 50.0 Å². The van der Waals surface area contributed by atoms with Crippen LogP contribution in [-0.2, 0) is 11.3 Å². The van der Waals surface area contributed by atoms with E-state index >= 15 is 0 Å². The molecule has 0 spiro atoms. The molecule has 0 radical (unpaired) electrons. The van der Waals surface area contributed by atoms with Gasteiger partial charge in [-0.25, -0.2) is 4.39 Å². The molecule has 1 saturated heterocycles. The number of hydrogen-bond acceptors (Lipinski definition) is 4. The van der Waals surface area contributed by atoms with Gasteiger partial charge in [0.2, 0.25) is 5.91 Å². The Morgan fingerprint density at radius 3 is 2.62 bits per heavy atom. The summed E-state index contributed by atoms with van der Waals surface area (Å²) >= 11 is 0. The first kappa shape index (κ1) is 18.2. The zero-order chi connectivity index (χ0) is 18.4. The molecule has 138 valence electrons. The third-order valence-electron chi connectivity index (χ3n) is 4.59. The summed E-state index contributed by atoms with van der Waals surface area (Å²) in [6.45, 7) is 3.88. The topological polar surface area (TPSA) is 44.8 Å². The van der Waals surface area contributed by atoms with Gasteiger partial charge in [0.1, 0.15) is 11.6 Å². The molecule has 1 aliphatic rings. The average Bonchev–Trinajstić information content (AvgIpc) is 2.68. The van der Waals surface area contributed by atoms with Crippen LogP contribution in [0.15, 0.2) is 48.5 Å². The third-order valence-corrected chi connectivity index (χ3v) is 4.59. The molecular formula is C20H24FN3O2. The Hall–Kier alpha value is -2.60. The third kappa shape index (κ3) is 4.73. The van der Waals surface area contributed by atoms with E-state index in [9.17, 15) is 9.18 Å². The highest BCUT2D eigenvalue weighted by Gasteiger charge is 2.19. The normalized spacial score (nSPS) is 14.9. The lowest BCUT2D eigenvalue weighted by Crippen LogP contribution is -2.49. The van der Waals surface area contributed by atoms with E-state index in [1.807, 2.05) is 18.2 Å². The van der Waals surface area contributed by atoms with Crippen molar-refractivity contribution in [1.82, 2.24) is 10.2 Å². The number of anilines is 1. The second-order valence-electron chi connectivity index (χ2n) is 6.33. The number of halogens is 1. The minimum atomic E-state index is -0.292. The number of methoxy groups -OCH3 is 1. The number of benzene rings is 2. The van der Waals surface area contributed by atoms with Crippen LogP contribution in [0, 0.1) is 5.82 Å². The molecular weight excluding hydrogens is 333 g/mol. The van der Waals surface area contributed by atoms with Crippen molar-refractivity contribution < 1.29 is 13.9 Å². The van der Waals surface area contributed by atoms with Gasteiger partial charge in [-0.3, -0.25) is 9.69 Å². The van der Waals surface area contributed by atoms with Crippen LogP contribution in [0.2, 0.25) is 0 Å². The van der Waals surface area contributed by atoms with Crippen LogP contribution in [0.5, 0.6) is 5.75 Å². The molecule has 3 rings (SSSR count). The van der Waals surface area contributed by atoms with Gasteiger partial charge in [0.05, 0.1) is 13.7 Å². The highest BCUT2D eigenvalue weighted by molar-refractivity contribution is 5.78. The number of amides is 1. The van der Waals surface area contributed by atoms with Crippen molar-refractivity contribution in [3.63, 3.8) is 0 Å². The quantitative estimate of drug-likeness (QED) is 0.862. The Labute approximate surface area is 153 Å². The Morgan fingerprint density at radius 2 is 1.88 bits per heavy atom. The summed E-state index contributed by atoms with van der Waals surface area (Å²) in [6, 6.07) is 14.5. The summed E-state index contributed by atoms with van der Waals surface area (Å²) in [6.07, 6.45) is 0. The second kappa shape index (κ2) is 8.67. The molecule has 2 aromatic carbocycles. The van der Waals surface area contributed by atoms with Gasteiger partial charge in [-0.2, -0.15) is 0 Å². The molecule has 1 aliphatic heterocycles. The summed E-state index contributed by atoms with van der Waals surface area (Å²) in [5.74, 6) is 0.472. The molecule has 1 N–H and O–H groups in total. The van der Waals surface area contributed by atoms with Gasteiger partial charge < -0.3 is 15.0 Å². The van der Waals surface area contributed by atoms with E-state index < -0.39 is 0 Å². The molecule has 0 bridgehead atoms. The van der Waals surface area contributed by atoms with E-state index in [4.69, 9.17) is 4.74 Å². The zero-order valence-corrected chi connectivity index (χ0v) is 15.0. The number of hydrogen-bond donors (Lipinski definition) is 1. The molecule has 1 heterocycles. The SMILES string of the molecule is COc1cccc(N2CCN(CC(=O)NCc3ccccc3F)CC2)c1. The average molecular weight is 357 g/mol. The number of rotatable bonds is 6. The fourth-order valence-electron chi connectivity index (χ4n) is 3.07. The summed E-state index contributed by atoms with van der Waals surface area (Å²) < 4.78 is 18.9. The van der Waals surface area contributed by atoms with Crippen molar-refractivity contribution in [2.75, 3.05) is 44.7 Å². The summed E-state index contributed by atoms with van der Waals surface area (Å²) in [4.78, 5) is 16.5. The van der Waals surface area contributed by atoms with Crippen molar-refractivity contribution in [3.8, 4) is 5.75 Å². The van der Waals surface area contributed by atoms with E-state index in [2.05, 4.69) is 21.2 Å². The molecule has 1 fully saturated rings. The number of piperazine rings is 1. The Bertz CT molecular complexity index is 745. The van der Waals surface area contributed by atoms with Crippen molar-refractivity contribution in [2.45, 2.75) is 6.54 Å². The number of nitrogens with one attached hydrogen (secondary N) is 1. The molecule has 0 aromatic heterocycles. The highest BCUT2D eigenvalue weighted by atomic mass is 19.1. The van der Waals surface area contributed by atoms with Gasteiger partial charge in [-0.1, -0.05) is 24.3 Å². The lowest BCUT2D eigenvalue weighted by Gasteiger charge is -2.35. The van der Waals surface area contributed by atoms with E-state index in [-0.39, 0.29) is 18.3 Å². The van der Waals surface area contributed by atoms with Gasteiger partial charge in [-0.15, -0.1) is 0 Å². The van der Waals surface area contributed by atoms with E-state index in [1.165, 1.54) is 6.07 Å². The Morgan fingerprint density at radius 1 is 1.12 bits per heavy atom. The molecule has 0 saturated carbocycles. The molecule has 6 heteroatoms. The first-order valence-corrected chi connectivity index (χ1v) is 8.77. The first-order chi connectivity index (χ1) is 12.7. The largest absolute Gasteiger partial charge is 0.497 e. The fraction of sp³-hybridized carbons (Fsp3) is 0.350. The van der Waals surface area contributed by atoms with Crippen LogP contribution in [0.3, 0.4) is 0 Å². The van der Waals surface area contributed by atoms with Crippen LogP contribution in [0.25, 0.3) is 0 Å². The van der Waals surface area contributed by atoms with Gasteiger partial charge in [0.25, 0.3) is 0 Å². The second-order valence-corrected chi connectivity index (χ2v) is 6.33. The fourth-order valence-corrected chi connectivity index (χ4v) is 3.07. The Balaban J connectivity index is 1.44. The smallest absolute Gasteiger partial charge is 0.234 e. The van der Waals surface area contributed by atoms with Gasteiger partial charge >= 0.3 is 0 Å². The van der Waals surface area contributed by atoms with E-state index in [0.29, 0.717) is 12.1 Å². The van der Waals surface area contributed by atoms with Crippen LogP contribution >= 0.6 is 0 Å². The minimum absolute atomic E-state index is 0.0805. The maximum Gasteiger partial charge on any atom is 0.234 e. The summed E-state index contributed by atoms with van der Waals surface area (Å²) in [5, 5.41) is 2.79. The molecule has 0 unspecified atom stereocenters. The highest BCUT2D eigenvalue weighted by Crippen LogP contribution is 2.22. The van der Waals surface area contributed by atoms with E-state index in [1.54, 1.807) is 25.3 Å². The van der Waals surface area contributed by atoms with Crippen LogP contribution in [0.1, 0.15) is 5.56 Å². The minimum Gasteiger partial charge on any atom is -0.497 e. The number of nitrogens with zero attached hydrogens (tertiary/aromatic N) is 2. The standard InChI is InChI=1S/C20H24FN3O2/c1-26-18-7-4-6-17(13-18)24-11-9-23(10-12-24)15-20(25)22-14-16-5-2-3-8-19(16)21/h2-8,13H,9-12,14-15H2,1H3,(H,22,25). The monoisotopic (exact) mass is 357 g/mol. The molecule has 5 nitrogen and oxygen atoms in total. The van der Waals surface area contributed by atoms with Crippen LogP contribution in [-0.4, -0.2) is 50.6 Å². The maximum atomic E-state index is 13.6. The van der Waals surface area contributed by atoms with Crippen molar-refractivity contribution in [1.29, 1.82) is 0 Å². The molecule has 0 atom stereocenters. The predicted molar refractivity (Wildman–Crippen MR) is 99.9 cm³/mol. The summed E-state index contributed by atoms with van der Waals surface area (Å²) in [7, 11) is 1.66. The number of carbonyl (C=O) groups excluding carboxylic acids is 1. The number of ether oxygens (including phenoxy) is 1. The van der Waals surface area contributed by atoms with Crippen LogP contribution in [0.4, 0.5) is 10.1 Å². The Kier molecular flexibility index (Phi) is 6.07. The molecule has 1 amide bonds. The van der Waals surface area contributed by atoms with Gasteiger partial charge in [0.15, 0.2) is 0 Å². The lowest BCUT2D eigenvalue weighted by atomic mass is 10.2. The molecule has 26 heavy (non-hydrogen) atoms. The predicted octanol–water partition coefficient (Wildman–Crippen LogP) is 2.27. The van der Waals surface area contributed by atoms with E-state index in [0.717, 1.165) is 37.6 Å². The van der Waals surface area contributed by atoms with Crippen molar-refractivity contribution >= 4 is 11.6 Å². The van der Waals surface area contributed by atoms with Crippen molar-refractivity contribution in [2.24, 2.45) is 0 Å². The molecule has 2 aromatic rings. The lowest BCUT2D eigenvalue weighted by molar-refractivity contribution is -0.122.